The van der Waals surface area contributed by atoms with E-state index in [1.54, 1.807) is 19.4 Å². The maximum absolute atomic E-state index is 11.5. The van der Waals surface area contributed by atoms with Gasteiger partial charge in [0.05, 0.1) is 6.61 Å². The fraction of sp³-hybridized carbons (Fsp3) is 0.636. The molecule has 6 heteroatoms. The minimum atomic E-state index is -0.498. The lowest BCUT2D eigenvalue weighted by Crippen LogP contribution is -2.41. The topological polar surface area (TPSA) is 65.3 Å². The largest absolute Gasteiger partial charge is 0.380 e. The Morgan fingerprint density at radius 2 is 2.00 bits per heavy atom. The molecule has 0 saturated carbocycles. The van der Waals surface area contributed by atoms with Crippen molar-refractivity contribution in [1.82, 2.24) is 14.5 Å². The lowest BCUT2D eigenvalue weighted by atomic mass is 10.5. The quantitative estimate of drug-likeness (QED) is 0.500. The van der Waals surface area contributed by atoms with Gasteiger partial charge in [-0.15, -0.1) is 0 Å². The zero-order chi connectivity index (χ0) is 12.7. The van der Waals surface area contributed by atoms with Crippen LogP contribution in [-0.2, 0) is 18.3 Å². The number of rotatable bonds is 7. The average molecular weight is 241 g/mol. The standard InChI is InChI=1S/C11H19N3O3/c1-3-17-9-5-12-4-6-14-8-7-13(2)10(15)11(14)16/h7-8,12H,3-6,9H2,1-2H3. The van der Waals surface area contributed by atoms with Gasteiger partial charge in [-0.25, -0.2) is 0 Å². The second-order valence-corrected chi connectivity index (χ2v) is 3.66. The average Bonchev–Trinajstić information content (AvgIpc) is 2.33. The lowest BCUT2D eigenvalue weighted by Gasteiger charge is -2.07. The lowest BCUT2D eigenvalue weighted by molar-refractivity contribution is 0.149. The summed E-state index contributed by atoms with van der Waals surface area (Å²) in [4.78, 5) is 22.9. The van der Waals surface area contributed by atoms with Crippen LogP contribution in [-0.4, -0.2) is 35.4 Å². The highest BCUT2D eigenvalue weighted by molar-refractivity contribution is 4.84. The summed E-state index contributed by atoms with van der Waals surface area (Å²) in [5.41, 5.74) is -0.983. The Hall–Kier alpha value is -1.40. The van der Waals surface area contributed by atoms with Gasteiger partial charge in [0.1, 0.15) is 0 Å². The summed E-state index contributed by atoms with van der Waals surface area (Å²) in [6, 6.07) is 0. The van der Waals surface area contributed by atoms with E-state index in [0.717, 1.165) is 6.54 Å². The van der Waals surface area contributed by atoms with Crippen molar-refractivity contribution in [3.8, 4) is 0 Å². The Morgan fingerprint density at radius 3 is 2.71 bits per heavy atom. The fourth-order valence-corrected chi connectivity index (χ4v) is 1.38. The molecule has 6 nitrogen and oxygen atoms in total. The first-order valence-electron chi connectivity index (χ1n) is 5.71. The van der Waals surface area contributed by atoms with Crippen LogP contribution in [0.4, 0.5) is 0 Å². The molecular formula is C11H19N3O3. The van der Waals surface area contributed by atoms with E-state index < -0.39 is 11.1 Å². The third-order valence-electron chi connectivity index (χ3n) is 2.39. The van der Waals surface area contributed by atoms with E-state index in [1.165, 1.54) is 9.13 Å². The highest BCUT2D eigenvalue weighted by Crippen LogP contribution is 1.78. The van der Waals surface area contributed by atoms with Crippen LogP contribution in [0.3, 0.4) is 0 Å². The monoisotopic (exact) mass is 241 g/mol. The summed E-state index contributed by atoms with van der Waals surface area (Å²) in [5, 5.41) is 3.14. The number of aryl methyl sites for hydroxylation is 1. The predicted molar refractivity (Wildman–Crippen MR) is 65.3 cm³/mol. The van der Waals surface area contributed by atoms with Gasteiger partial charge in [-0.2, -0.15) is 0 Å². The van der Waals surface area contributed by atoms with Gasteiger partial charge in [-0.05, 0) is 6.92 Å². The van der Waals surface area contributed by atoms with E-state index in [-0.39, 0.29) is 0 Å². The van der Waals surface area contributed by atoms with Gasteiger partial charge in [-0.3, -0.25) is 9.59 Å². The van der Waals surface area contributed by atoms with E-state index in [9.17, 15) is 9.59 Å². The van der Waals surface area contributed by atoms with Crippen molar-refractivity contribution < 1.29 is 4.74 Å². The third kappa shape index (κ3) is 4.16. The van der Waals surface area contributed by atoms with Crippen LogP contribution in [0, 0.1) is 0 Å². The molecular weight excluding hydrogens is 222 g/mol. The Kier molecular flexibility index (Phi) is 5.65. The SMILES string of the molecule is CCOCCNCCn1ccn(C)c(=O)c1=O. The first kappa shape index (κ1) is 13.7. The van der Waals surface area contributed by atoms with Crippen LogP contribution in [0.25, 0.3) is 0 Å². The normalized spacial score (nSPS) is 10.7. The number of hydrogen-bond donors (Lipinski definition) is 1. The minimum absolute atomic E-state index is 0.485. The molecule has 0 aliphatic carbocycles. The fourth-order valence-electron chi connectivity index (χ4n) is 1.38. The molecule has 0 radical (unpaired) electrons. The summed E-state index contributed by atoms with van der Waals surface area (Å²) in [6.45, 7) is 5.17. The van der Waals surface area contributed by atoms with E-state index in [2.05, 4.69) is 5.32 Å². The summed E-state index contributed by atoms with van der Waals surface area (Å²) in [7, 11) is 1.56. The zero-order valence-corrected chi connectivity index (χ0v) is 10.3. The number of ether oxygens (including phenoxy) is 1. The molecule has 0 aliphatic heterocycles. The predicted octanol–water partition coefficient (Wildman–Crippen LogP) is -0.827. The maximum atomic E-state index is 11.5. The molecule has 0 atom stereocenters. The smallest absolute Gasteiger partial charge is 0.316 e. The zero-order valence-electron chi connectivity index (χ0n) is 10.3. The Balaban J connectivity index is 2.40. The highest BCUT2D eigenvalue weighted by Gasteiger charge is 2.01. The Bertz CT molecular complexity index is 450. The van der Waals surface area contributed by atoms with Crippen molar-refractivity contribution in [1.29, 1.82) is 0 Å². The summed E-state index contributed by atoms with van der Waals surface area (Å²) < 4.78 is 7.85. The van der Waals surface area contributed by atoms with Crippen LogP contribution < -0.4 is 16.4 Å². The molecule has 0 spiro atoms. The van der Waals surface area contributed by atoms with Crippen LogP contribution in [0.15, 0.2) is 22.0 Å². The second kappa shape index (κ2) is 7.03. The van der Waals surface area contributed by atoms with Crippen LogP contribution >= 0.6 is 0 Å². The second-order valence-electron chi connectivity index (χ2n) is 3.66. The number of hydrogen-bond acceptors (Lipinski definition) is 4. The summed E-state index contributed by atoms with van der Waals surface area (Å²) in [6.07, 6.45) is 3.21. The summed E-state index contributed by atoms with van der Waals surface area (Å²) in [5.74, 6) is 0. The van der Waals surface area contributed by atoms with E-state index in [1.807, 2.05) is 6.92 Å². The molecule has 1 aromatic heterocycles. The van der Waals surface area contributed by atoms with Crippen molar-refractivity contribution >= 4 is 0 Å². The third-order valence-corrected chi connectivity index (χ3v) is 2.39. The van der Waals surface area contributed by atoms with Gasteiger partial charge in [0.2, 0.25) is 0 Å². The van der Waals surface area contributed by atoms with Crippen LogP contribution in [0.2, 0.25) is 0 Å². The van der Waals surface area contributed by atoms with Gasteiger partial charge in [0, 0.05) is 45.7 Å². The van der Waals surface area contributed by atoms with Gasteiger partial charge >= 0.3 is 11.1 Å². The van der Waals surface area contributed by atoms with Crippen molar-refractivity contribution in [2.45, 2.75) is 13.5 Å². The molecule has 1 N–H and O–H groups in total. The van der Waals surface area contributed by atoms with Gasteiger partial charge in [0.25, 0.3) is 0 Å². The van der Waals surface area contributed by atoms with Crippen molar-refractivity contribution in [3.05, 3.63) is 33.1 Å². The molecule has 0 aliphatic rings. The molecule has 96 valence electrons. The van der Waals surface area contributed by atoms with Crippen molar-refractivity contribution in [2.24, 2.45) is 7.05 Å². The van der Waals surface area contributed by atoms with Gasteiger partial charge < -0.3 is 19.2 Å². The summed E-state index contributed by atoms with van der Waals surface area (Å²) >= 11 is 0. The molecule has 0 fully saturated rings. The van der Waals surface area contributed by atoms with E-state index >= 15 is 0 Å². The van der Waals surface area contributed by atoms with Gasteiger partial charge in [-0.1, -0.05) is 0 Å². The molecule has 1 aromatic rings. The highest BCUT2D eigenvalue weighted by atomic mass is 16.5. The number of aromatic nitrogens is 2. The molecule has 0 unspecified atom stereocenters. The first-order chi connectivity index (χ1) is 8.16. The Labute approximate surface area is 99.8 Å². The van der Waals surface area contributed by atoms with Crippen molar-refractivity contribution in [3.63, 3.8) is 0 Å². The molecule has 0 saturated heterocycles. The Morgan fingerprint density at radius 1 is 1.24 bits per heavy atom. The first-order valence-corrected chi connectivity index (χ1v) is 5.71. The molecule has 0 amide bonds. The number of nitrogens with one attached hydrogen (secondary N) is 1. The van der Waals surface area contributed by atoms with Crippen LogP contribution in [0.1, 0.15) is 6.92 Å². The maximum Gasteiger partial charge on any atom is 0.316 e. The molecule has 1 heterocycles. The van der Waals surface area contributed by atoms with Gasteiger partial charge in [0.15, 0.2) is 0 Å². The van der Waals surface area contributed by atoms with Crippen LogP contribution in [0.5, 0.6) is 0 Å². The molecule has 1 rings (SSSR count). The molecule has 0 aromatic carbocycles. The van der Waals surface area contributed by atoms with E-state index in [0.29, 0.717) is 26.3 Å². The molecule has 0 bridgehead atoms. The van der Waals surface area contributed by atoms with Crippen molar-refractivity contribution in [2.75, 3.05) is 26.3 Å². The minimum Gasteiger partial charge on any atom is -0.380 e. The molecule has 17 heavy (non-hydrogen) atoms. The number of nitrogens with zero attached hydrogens (tertiary/aromatic N) is 2. The van der Waals surface area contributed by atoms with E-state index in [4.69, 9.17) is 4.74 Å².